The highest BCUT2D eigenvalue weighted by Crippen LogP contribution is 2.38. The van der Waals surface area contributed by atoms with E-state index in [9.17, 15) is 9.59 Å². The third kappa shape index (κ3) is 9.57. The molecular formula is C36H43N5O3S. The van der Waals surface area contributed by atoms with Crippen LogP contribution in [-0.2, 0) is 22.5 Å². The molecule has 8 nitrogen and oxygen atoms in total. The molecule has 0 bridgehead atoms. The third-order valence-corrected chi connectivity index (χ3v) is 8.81. The molecule has 1 amide bonds. The van der Waals surface area contributed by atoms with Gasteiger partial charge < -0.3 is 21.2 Å². The molecule has 1 aliphatic heterocycles. The maximum Gasteiger partial charge on any atom is 0.261 e. The number of nitrogens with zero attached hydrogens (tertiary/aromatic N) is 2. The van der Waals surface area contributed by atoms with Crippen molar-refractivity contribution >= 4 is 50.9 Å². The van der Waals surface area contributed by atoms with Gasteiger partial charge in [0.1, 0.15) is 10.5 Å². The van der Waals surface area contributed by atoms with Gasteiger partial charge in [0.25, 0.3) is 5.91 Å². The largest absolute Gasteiger partial charge is 0.388 e. The number of thiophene rings is 1. The zero-order valence-electron chi connectivity index (χ0n) is 26.5. The summed E-state index contributed by atoms with van der Waals surface area (Å²) in [4.78, 5) is 34.1. The number of nitrogens with two attached hydrogens (primary N) is 1. The maximum atomic E-state index is 12.1. The summed E-state index contributed by atoms with van der Waals surface area (Å²) in [7, 11) is 1.91. The predicted octanol–water partition coefficient (Wildman–Crippen LogP) is 6.87. The Bertz CT molecular complexity index is 1630. The van der Waals surface area contributed by atoms with Crippen molar-refractivity contribution in [2.24, 2.45) is 22.2 Å². The van der Waals surface area contributed by atoms with Crippen LogP contribution in [0, 0.1) is 11.3 Å². The Labute approximate surface area is 269 Å². The Kier molecular flexibility index (Phi) is 12.0. The lowest BCUT2D eigenvalue weighted by atomic mass is 9.71. The van der Waals surface area contributed by atoms with Crippen LogP contribution in [0.3, 0.4) is 0 Å². The SMILES string of the molecule is CC(C)(C)C1CCc2nc3sc(C(=O)NCCN)cc3cc2C1.CNc1ccccc1.O=CC1=NOC(c2ccccc2)=CC1. The molecule has 4 aromatic rings. The number of amides is 1. The van der Waals surface area contributed by atoms with Gasteiger partial charge in [0.2, 0.25) is 0 Å². The Morgan fingerprint density at radius 1 is 1.09 bits per heavy atom. The van der Waals surface area contributed by atoms with E-state index >= 15 is 0 Å². The van der Waals surface area contributed by atoms with Gasteiger partial charge in [-0.05, 0) is 66.5 Å². The molecule has 45 heavy (non-hydrogen) atoms. The first-order valence-corrected chi connectivity index (χ1v) is 16.1. The van der Waals surface area contributed by atoms with Gasteiger partial charge in [0.05, 0.1) is 4.88 Å². The maximum absolute atomic E-state index is 12.1. The zero-order valence-corrected chi connectivity index (χ0v) is 27.3. The smallest absolute Gasteiger partial charge is 0.261 e. The van der Waals surface area contributed by atoms with Crippen molar-refractivity contribution in [1.29, 1.82) is 0 Å². The number of pyridine rings is 1. The normalized spacial score (nSPS) is 15.4. The molecule has 0 radical (unpaired) electrons. The van der Waals surface area contributed by atoms with Gasteiger partial charge in [-0.25, -0.2) is 4.98 Å². The highest BCUT2D eigenvalue weighted by Gasteiger charge is 2.29. The van der Waals surface area contributed by atoms with E-state index in [1.54, 1.807) is 0 Å². The molecule has 3 heterocycles. The van der Waals surface area contributed by atoms with Gasteiger partial charge in [-0.15, -0.1) is 11.3 Å². The molecule has 1 aliphatic carbocycles. The second-order valence-electron chi connectivity index (χ2n) is 12.0. The van der Waals surface area contributed by atoms with Crippen molar-refractivity contribution in [3.8, 4) is 0 Å². The number of oxime groups is 1. The van der Waals surface area contributed by atoms with Crippen LogP contribution in [0.5, 0.6) is 0 Å². The minimum absolute atomic E-state index is 0.0519. The van der Waals surface area contributed by atoms with Crippen LogP contribution >= 0.6 is 11.3 Å². The van der Waals surface area contributed by atoms with Crippen molar-refractivity contribution in [2.75, 3.05) is 25.5 Å². The molecular weight excluding hydrogens is 582 g/mol. The first kappa shape index (κ1) is 33.6. The fourth-order valence-corrected chi connectivity index (χ4v) is 6.02. The summed E-state index contributed by atoms with van der Waals surface area (Å²) in [5, 5.41) is 10.6. The van der Waals surface area contributed by atoms with E-state index in [-0.39, 0.29) is 5.91 Å². The summed E-state index contributed by atoms with van der Waals surface area (Å²) in [6.45, 7) is 7.92. The molecule has 1 atom stereocenters. The second kappa shape index (κ2) is 16.1. The van der Waals surface area contributed by atoms with E-state index < -0.39 is 0 Å². The number of aryl methyl sites for hydroxylation is 1. The molecule has 236 valence electrons. The number of carbonyl (C=O) groups is 2. The number of aldehydes is 1. The fraction of sp³-hybridized carbons (Fsp3) is 0.333. The summed E-state index contributed by atoms with van der Waals surface area (Å²) in [6.07, 6.45) is 6.43. The highest BCUT2D eigenvalue weighted by molar-refractivity contribution is 7.20. The number of aromatic nitrogens is 1. The lowest BCUT2D eigenvalue weighted by Gasteiger charge is -2.34. The molecule has 2 aliphatic rings. The first-order valence-electron chi connectivity index (χ1n) is 15.3. The van der Waals surface area contributed by atoms with Crippen LogP contribution in [0.4, 0.5) is 5.69 Å². The molecule has 0 saturated carbocycles. The van der Waals surface area contributed by atoms with Gasteiger partial charge in [0.15, 0.2) is 12.0 Å². The van der Waals surface area contributed by atoms with E-state index in [1.807, 2.05) is 79.9 Å². The average Bonchev–Trinajstić information content (AvgIpc) is 3.50. The van der Waals surface area contributed by atoms with Crippen LogP contribution in [0.15, 0.2) is 84.0 Å². The molecule has 0 spiro atoms. The lowest BCUT2D eigenvalue weighted by Crippen LogP contribution is -2.28. The summed E-state index contributed by atoms with van der Waals surface area (Å²) >= 11 is 1.47. The predicted molar refractivity (Wildman–Crippen MR) is 186 cm³/mol. The number of anilines is 1. The van der Waals surface area contributed by atoms with Crippen LogP contribution < -0.4 is 16.4 Å². The van der Waals surface area contributed by atoms with Crippen molar-refractivity contribution in [2.45, 2.75) is 46.5 Å². The Balaban J connectivity index is 0.000000176. The summed E-state index contributed by atoms with van der Waals surface area (Å²) in [6, 6.07) is 23.9. The quantitative estimate of drug-likeness (QED) is 0.201. The molecule has 0 saturated heterocycles. The van der Waals surface area contributed by atoms with E-state index in [1.165, 1.54) is 29.0 Å². The van der Waals surface area contributed by atoms with Gasteiger partial charge in [-0.3, -0.25) is 9.59 Å². The number of rotatable bonds is 6. The Morgan fingerprint density at radius 3 is 2.38 bits per heavy atom. The van der Waals surface area contributed by atoms with E-state index in [0.29, 0.717) is 48.6 Å². The minimum atomic E-state index is -0.0519. The Hall–Kier alpha value is -4.34. The number of hydrogen-bond acceptors (Lipinski definition) is 8. The monoisotopic (exact) mass is 625 g/mol. The first-order chi connectivity index (χ1) is 21.7. The van der Waals surface area contributed by atoms with Crippen LogP contribution in [0.2, 0.25) is 0 Å². The van der Waals surface area contributed by atoms with Crippen LogP contribution in [-0.4, -0.2) is 43.0 Å². The molecule has 1 unspecified atom stereocenters. The van der Waals surface area contributed by atoms with Crippen LogP contribution in [0.25, 0.3) is 16.0 Å². The molecule has 0 fully saturated rings. The van der Waals surface area contributed by atoms with Crippen LogP contribution in [0.1, 0.15) is 60.1 Å². The highest BCUT2D eigenvalue weighted by atomic mass is 32.1. The topological polar surface area (TPSA) is 119 Å². The fourth-order valence-electron chi connectivity index (χ4n) is 5.07. The number of allylic oxidation sites excluding steroid dienone is 1. The van der Waals surface area contributed by atoms with Gasteiger partial charge >= 0.3 is 0 Å². The summed E-state index contributed by atoms with van der Waals surface area (Å²) in [5.74, 6) is 1.35. The molecule has 4 N–H and O–H groups in total. The van der Waals surface area contributed by atoms with Gasteiger partial charge in [-0.1, -0.05) is 74.5 Å². The third-order valence-electron chi connectivity index (χ3n) is 7.77. The van der Waals surface area contributed by atoms with Crippen molar-refractivity contribution in [1.82, 2.24) is 10.3 Å². The average molecular weight is 626 g/mol. The summed E-state index contributed by atoms with van der Waals surface area (Å²) < 4.78 is 0. The van der Waals surface area contributed by atoms with Crippen molar-refractivity contribution in [3.63, 3.8) is 0 Å². The van der Waals surface area contributed by atoms with E-state index in [4.69, 9.17) is 15.6 Å². The number of benzene rings is 2. The molecule has 2 aromatic carbocycles. The minimum Gasteiger partial charge on any atom is -0.388 e. The second-order valence-corrected chi connectivity index (χ2v) is 13.0. The zero-order chi connectivity index (χ0) is 32.2. The number of fused-ring (bicyclic) bond motifs is 2. The standard InChI is InChI=1S/C18H25N3OS.C11H9NO2.C7H9N/c1-18(2,3)13-4-5-14-11(9-13)8-12-10-15(23-17(12)21-14)16(22)20-7-6-19;13-8-10-6-7-11(14-12-10)9-4-2-1-3-5-9;1-8-7-5-3-2-4-6-7/h8,10,13H,4-7,9,19H2,1-3H3,(H,20,22);1-5,7-8H,6H2;2-6,8H,1H3. The molecule has 2 aromatic heterocycles. The Morgan fingerprint density at radius 2 is 1.80 bits per heavy atom. The van der Waals surface area contributed by atoms with Crippen molar-refractivity contribution < 1.29 is 14.4 Å². The van der Waals surface area contributed by atoms with E-state index in [0.717, 1.165) is 39.2 Å². The van der Waals surface area contributed by atoms with Gasteiger partial charge in [-0.2, -0.15) is 0 Å². The number of para-hydroxylation sites is 1. The number of hydrogen-bond donors (Lipinski definition) is 3. The molecule has 6 rings (SSSR count). The van der Waals surface area contributed by atoms with Crippen molar-refractivity contribution in [3.05, 3.63) is 101 Å². The number of nitrogens with one attached hydrogen (secondary N) is 2. The lowest BCUT2D eigenvalue weighted by molar-refractivity contribution is -0.102. The number of carbonyl (C=O) groups excluding carboxylic acids is 2. The molecule has 9 heteroatoms. The van der Waals surface area contributed by atoms with Gasteiger partial charge in [0, 0.05) is 48.9 Å². The van der Waals surface area contributed by atoms with E-state index in [2.05, 4.69) is 42.6 Å². The summed E-state index contributed by atoms with van der Waals surface area (Å²) in [5.41, 5.74) is 10.9.